The number of hydrogen-bond acceptors (Lipinski definition) is 7. The standard InChI is InChI=1S/C29H40N4O4/c1-20(2)27-30-29(37-31-27)33-15-11-21(12-16-33)19-36-26-9-7-23(8-10-26)22-3-5-24(6-4-22)28(35)32-17-13-25(34)14-18-32/h3,7-10,20-21,24-25,34H,4-6,11-19H2,1-2H3. The SMILES string of the molecule is CC(C)c1noc(N2CCC(COc3ccc(C4=CCC(C(=O)N5CCC(O)CC5)CC4)cc3)CC2)n1. The maximum Gasteiger partial charge on any atom is 0.324 e. The molecule has 3 aliphatic rings. The normalized spacial score (nSPS) is 21.8. The van der Waals surface area contributed by atoms with Crippen molar-refractivity contribution in [2.45, 2.75) is 70.8 Å². The van der Waals surface area contributed by atoms with Gasteiger partial charge in [-0.2, -0.15) is 4.98 Å². The van der Waals surface area contributed by atoms with E-state index >= 15 is 0 Å². The molecule has 2 aromatic rings. The molecule has 1 atom stereocenters. The van der Waals surface area contributed by atoms with Crippen molar-refractivity contribution in [2.75, 3.05) is 37.7 Å². The maximum atomic E-state index is 12.9. The van der Waals surface area contributed by atoms with Crippen LogP contribution >= 0.6 is 0 Å². The van der Waals surface area contributed by atoms with E-state index in [1.54, 1.807) is 0 Å². The van der Waals surface area contributed by atoms with Gasteiger partial charge in [-0.25, -0.2) is 0 Å². The van der Waals surface area contributed by atoms with Crippen LogP contribution in [0.15, 0.2) is 34.9 Å². The molecule has 0 spiro atoms. The lowest BCUT2D eigenvalue weighted by Gasteiger charge is -2.33. The lowest BCUT2D eigenvalue weighted by molar-refractivity contribution is -0.137. The predicted octanol–water partition coefficient (Wildman–Crippen LogP) is 4.66. The van der Waals surface area contributed by atoms with Crippen molar-refractivity contribution < 1.29 is 19.2 Å². The third-order valence-corrected chi connectivity index (χ3v) is 8.08. The van der Waals surface area contributed by atoms with Crippen LogP contribution in [0, 0.1) is 11.8 Å². The molecule has 3 heterocycles. The Hall–Kier alpha value is -2.87. The molecule has 1 unspecified atom stereocenters. The van der Waals surface area contributed by atoms with E-state index in [9.17, 15) is 9.90 Å². The van der Waals surface area contributed by atoms with E-state index in [-0.39, 0.29) is 23.8 Å². The summed E-state index contributed by atoms with van der Waals surface area (Å²) in [5.41, 5.74) is 2.53. The molecule has 200 valence electrons. The topological polar surface area (TPSA) is 91.9 Å². The summed E-state index contributed by atoms with van der Waals surface area (Å²) in [6.07, 6.45) is 8.09. The number of carbonyl (C=O) groups is 1. The van der Waals surface area contributed by atoms with E-state index < -0.39 is 0 Å². The molecule has 2 saturated heterocycles. The van der Waals surface area contributed by atoms with Crippen LogP contribution in [0.5, 0.6) is 5.75 Å². The van der Waals surface area contributed by atoms with Gasteiger partial charge in [-0.3, -0.25) is 4.79 Å². The first-order chi connectivity index (χ1) is 18.0. The van der Waals surface area contributed by atoms with Gasteiger partial charge in [0, 0.05) is 38.0 Å². The molecule has 5 rings (SSSR count). The van der Waals surface area contributed by atoms with Crippen LogP contribution in [0.25, 0.3) is 5.57 Å². The van der Waals surface area contributed by atoms with E-state index in [1.165, 1.54) is 11.1 Å². The first-order valence-electron chi connectivity index (χ1n) is 13.9. The van der Waals surface area contributed by atoms with Gasteiger partial charge in [-0.05, 0) is 74.1 Å². The van der Waals surface area contributed by atoms with Crippen LogP contribution in [0.3, 0.4) is 0 Å². The van der Waals surface area contributed by atoms with Gasteiger partial charge in [0.15, 0.2) is 5.82 Å². The minimum absolute atomic E-state index is 0.0742. The van der Waals surface area contributed by atoms with Gasteiger partial charge in [0.2, 0.25) is 5.91 Å². The summed E-state index contributed by atoms with van der Waals surface area (Å²) in [5, 5.41) is 13.8. The Bertz CT molecular complexity index is 1060. The van der Waals surface area contributed by atoms with Gasteiger partial charge in [0.05, 0.1) is 12.7 Å². The van der Waals surface area contributed by atoms with Gasteiger partial charge in [0.25, 0.3) is 0 Å². The quantitative estimate of drug-likeness (QED) is 0.582. The van der Waals surface area contributed by atoms with Crippen molar-refractivity contribution in [3.8, 4) is 5.75 Å². The number of anilines is 1. The highest BCUT2D eigenvalue weighted by atomic mass is 16.5. The Balaban J connectivity index is 1.06. The van der Waals surface area contributed by atoms with Crippen molar-refractivity contribution >= 4 is 17.5 Å². The zero-order chi connectivity index (χ0) is 25.8. The Kier molecular flexibility index (Phi) is 8.13. The molecule has 2 fully saturated rings. The van der Waals surface area contributed by atoms with Crippen LogP contribution in [0.2, 0.25) is 0 Å². The number of piperidine rings is 2. The van der Waals surface area contributed by atoms with Crippen molar-refractivity contribution in [1.29, 1.82) is 0 Å². The lowest BCUT2D eigenvalue weighted by Crippen LogP contribution is -2.43. The number of nitrogens with zero attached hydrogens (tertiary/aromatic N) is 4. The molecule has 37 heavy (non-hydrogen) atoms. The molecule has 1 N–H and O–H groups in total. The largest absolute Gasteiger partial charge is 0.493 e. The number of rotatable bonds is 7. The number of benzene rings is 1. The Morgan fingerprint density at radius 2 is 1.81 bits per heavy atom. The van der Waals surface area contributed by atoms with Crippen molar-refractivity contribution in [2.24, 2.45) is 11.8 Å². The first-order valence-corrected chi connectivity index (χ1v) is 13.9. The molecule has 1 aromatic heterocycles. The molecule has 0 bridgehead atoms. The van der Waals surface area contributed by atoms with Gasteiger partial charge in [-0.15, -0.1) is 0 Å². The number of hydrogen-bond donors (Lipinski definition) is 1. The van der Waals surface area contributed by atoms with E-state index in [1.807, 2.05) is 4.90 Å². The summed E-state index contributed by atoms with van der Waals surface area (Å²) >= 11 is 0. The number of amides is 1. The van der Waals surface area contributed by atoms with E-state index in [0.29, 0.717) is 44.5 Å². The van der Waals surface area contributed by atoms with E-state index in [4.69, 9.17) is 9.26 Å². The van der Waals surface area contributed by atoms with Crippen LogP contribution in [0.1, 0.15) is 76.1 Å². The first kappa shape index (κ1) is 25.8. The smallest absolute Gasteiger partial charge is 0.324 e. The van der Waals surface area contributed by atoms with Gasteiger partial charge in [0.1, 0.15) is 5.75 Å². The molecular weight excluding hydrogens is 468 g/mol. The highest BCUT2D eigenvalue weighted by Crippen LogP contribution is 2.33. The van der Waals surface area contributed by atoms with Crippen LogP contribution in [-0.4, -0.2) is 64.9 Å². The second-order valence-electron chi connectivity index (χ2n) is 11.1. The Morgan fingerprint density at radius 3 is 2.43 bits per heavy atom. The summed E-state index contributed by atoms with van der Waals surface area (Å²) in [6, 6.07) is 9.04. The molecule has 1 aromatic carbocycles. The second-order valence-corrected chi connectivity index (χ2v) is 11.1. The molecule has 2 aliphatic heterocycles. The monoisotopic (exact) mass is 508 g/mol. The summed E-state index contributed by atoms with van der Waals surface area (Å²) in [7, 11) is 0. The number of aliphatic hydroxyl groups excluding tert-OH is 1. The number of likely N-dealkylation sites (tertiary alicyclic amines) is 1. The summed E-state index contributed by atoms with van der Waals surface area (Å²) in [6.45, 7) is 8.04. The van der Waals surface area contributed by atoms with Gasteiger partial charge < -0.3 is 24.2 Å². The molecule has 8 nitrogen and oxygen atoms in total. The number of carbonyl (C=O) groups excluding carboxylic acids is 1. The minimum Gasteiger partial charge on any atom is -0.493 e. The number of ether oxygens (including phenoxy) is 1. The fraction of sp³-hybridized carbons (Fsp3) is 0.621. The van der Waals surface area contributed by atoms with Crippen molar-refractivity contribution in [1.82, 2.24) is 15.0 Å². The highest BCUT2D eigenvalue weighted by molar-refractivity contribution is 5.81. The minimum atomic E-state index is -0.247. The number of aliphatic hydroxyl groups is 1. The average molecular weight is 509 g/mol. The molecular formula is C29H40N4O4. The summed E-state index contributed by atoms with van der Waals surface area (Å²) < 4.78 is 11.6. The second kappa shape index (κ2) is 11.7. The molecule has 8 heteroatoms. The Labute approximate surface area is 219 Å². The third kappa shape index (κ3) is 6.35. The maximum absolute atomic E-state index is 12.9. The van der Waals surface area contributed by atoms with Crippen molar-refractivity contribution in [3.05, 3.63) is 41.7 Å². The van der Waals surface area contributed by atoms with E-state index in [2.05, 4.69) is 59.2 Å². The summed E-state index contributed by atoms with van der Waals surface area (Å²) in [5.74, 6) is 2.79. The lowest BCUT2D eigenvalue weighted by atomic mass is 9.85. The Morgan fingerprint density at radius 1 is 1.08 bits per heavy atom. The highest BCUT2D eigenvalue weighted by Gasteiger charge is 2.29. The average Bonchev–Trinajstić information content (AvgIpc) is 3.44. The van der Waals surface area contributed by atoms with Crippen molar-refractivity contribution in [3.63, 3.8) is 0 Å². The van der Waals surface area contributed by atoms with Crippen LogP contribution in [0.4, 0.5) is 6.01 Å². The molecule has 1 amide bonds. The zero-order valence-electron chi connectivity index (χ0n) is 22.1. The van der Waals surface area contributed by atoms with E-state index in [0.717, 1.165) is 56.8 Å². The third-order valence-electron chi connectivity index (χ3n) is 8.08. The predicted molar refractivity (Wildman–Crippen MR) is 142 cm³/mol. The number of aromatic nitrogens is 2. The fourth-order valence-corrected chi connectivity index (χ4v) is 5.52. The number of allylic oxidation sites excluding steroid dienone is 2. The molecule has 0 radical (unpaired) electrons. The molecule has 1 aliphatic carbocycles. The van der Waals surface area contributed by atoms with Gasteiger partial charge >= 0.3 is 6.01 Å². The van der Waals surface area contributed by atoms with Crippen LogP contribution < -0.4 is 9.64 Å². The van der Waals surface area contributed by atoms with Crippen LogP contribution in [-0.2, 0) is 4.79 Å². The van der Waals surface area contributed by atoms with Gasteiger partial charge in [-0.1, -0.05) is 37.2 Å². The fourth-order valence-electron chi connectivity index (χ4n) is 5.52. The zero-order valence-corrected chi connectivity index (χ0v) is 22.1. The summed E-state index contributed by atoms with van der Waals surface area (Å²) in [4.78, 5) is 21.5. The molecule has 0 saturated carbocycles.